The monoisotopic (exact) mass is 410 g/mol. The number of hydrazone groups is 1. The molecular formula is C21H26N6O3. The number of hydrogen-bond donors (Lipinski definition) is 3. The molecule has 1 aliphatic rings. The number of H-pyrrole nitrogens is 1. The molecule has 1 fully saturated rings. The van der Waals surface area contributed by atoms with Crippen molar-refractivity contribution in [1.82, 2.24) is 15.0 Å². The summed E-state index contributed by atoms with van der Waals surface area (Å²) in [5.41, 5.74) is 5.05. The second-order valence-corrected chi connectivity index (χ2v) is 6.93. The second-order valence-electron chi connectivity index (χ2n) is 6.93. The minimum Gasteiger partial charge on any atom is -0.463 e. The van der Waals surface area contributed by atoms with Gasteiger partial charge in [-0.05, 0) is 18.9 Å². The molecule has 4 rings (SSSR count). The largest absolute Gasteiger partial charge is 0.463 e. The summed E-state index contributed by atoms with van der Waals surface area (Å²) < 4.78 is 11.1. The summed E-state index contributed by atoms with van der Waals surface area (Å²) in [6.07, 6.45) is 5.11. The number of benzene rings is 1. The van der Waals surface area contributed by atoms with Gasteiger partial charge >= 0.3 is 6.01 Å². The van der Waals surface area contributed by atoms with Crippen LogP contribution in [0.4, 0.5) is 11.6 Å². The van der Waals surface area contributed by atoms with E-state index >= 15 is 0 Å². The molecule has 1 saturated heterocycles. The fraction of sp³-hybridized carbons (Fsp3) is 0.381. The number of morpholine rings is 1. The molecule has 3 aromatic rings. The Balaban J connectivity index is 1.49. The average molecular weight is 410 g/mol. The normalized spacial score (nSPS) is 14.5. The number of aliphatic hydroxyl groups is 1. The molecule has 0 atom stereocenters. The van der Waals surface area contributed by atoms with Crippen LogP contribution in [0.3, 0.4) is 0 Å². The first-order chi connectivity index (χ1) is 14.8. The molecule has 0 unspecified atom stereocenters. The Kier molecular flexibility index (Phi) is 6.73. The molecule has 0 saturated carbocycles. The lowest BCUT2D eigenvalue weighted by atomic mass is 10.2. The molecule has 0 bridgehead atoms. The molecule has 3 N–H and O–H groups in total. The number of ether oxygens (including phenoxy) is 2. The summed E-state index contributed by atoms with van der Waals surface area (Å²) in [7, 11) is 0. The summed E-state index contributed by atoms with van der Waals surface area (Å²) in [5, 5.41) is 14.4. The third-order valence-electron chi connectivity index (χ3n) is 4.81. The van der Waals surface area contributed by atoms with E-state index in [-0.39, 0.29) is 6.61 Å². The van der Waals surface area contributed by atoms with Crippen molar-refractivity contribution in [3.05, 3.63) is 42.1 Å². The number of rotatable bonds is 9. The summed E-state index contributed by atoms with van der Waals surface area (Å²) in [5.74, 6) is 1.33. The van der Waals surface area contributed by atoms with Gasteiger partial charge in [-0.15, -0.1) is 0 Å². The SMILES string of the molecule is OCCCCOc1nc(N/N=C\c2c[nH]c3ccccc23)cc(N2CCOCC2)n1. The van der Waals surface area contributed by atoms with E-state index in [9.17, 15) is 0 Å². The predicted octanol–water partition coefficient (Wildman–Crippen LogP) is 2.39. The first kappa shape index (κ1) is 20.1. The van der Waals surface area contributed by atoms with Crippen LogP contribution in [0.15, 0.2) is 41.6 Å². The zero-order valence-corrected chi connectivity index (χ0v) is 16.8. The number of nitrogens with zero attached hydrogens (tertiary/aromatic N) is 4. The summed E-state index contributed by atoms with van der Waals surface area (Å²) in [4.78, 5) is 14.3. The lowest BCUT2D eigenvalue weighted by Gasteiger charge is -2.28. The molecule has 9 heteroatoms. The van der Waals surface area contributed by atoms with E-state index < -0.39 is 0 Å². The fourth-order valence-corrected chi connectivity index (χ4v) is 3.24. The number of anilines is 2. The average Bonchev–Trinajstić information content (AvgIpc) is 3.20. The lowest BCUT2D eigenvalue weighted by molar-refractivity contribution is 0.122. The zero-order valence-electron chi connectivity index (χ0n) is 16.8. The molecule has 158 valence electrons. The van der Waals surface area contributed by atoms with Crippen LogP contribution in [-0.4, -0.2) is 65.8 Å². The first-order valence-corrected chi connectivity index (χ1v) is 10.1. The third kappa shape index (κ3) is 5.05. The molecule has 2 aromatic heterocycles. The van der Waals surface area contributed by atoms with Crippen LogP contribution in [-0.2, 0) is 4.74 Å². The van der Waals surface area contributed by atoms with Gasteiger partial charge in [0.2, 0.25) is 0 Å². The maximum atomic E-state index is 8.93. The first-order valence-electron chi connectivity index (χ1n) is 10.1. The molecule has 1 aromatic carbocycles. The highest BCUT2D eigenvalue weighted by atomic mass is 16.5. The highest BCUT2D eigenvalue weighted by molar-refractivity contribution is 5.99. The van der Waals surface area contributed by atoms with Gasteiger partial charge in [-0.1, -0.05) is 18.2 Å². The number of hydrogen-bond acceptors (Lipinski definition) is 8. The summed E-state index contributed by atoms with van der Waals surface area (Å²) in [6, 6.07) is 10.2. The van der Waals surface area contributed by atoms with Crippen molar-refractivity contribution in [1.29, 1.82) is 0 Å². The number of fused-ring (bicyclic) bond motifs is 1. The van der Waals surface area contributed by atoms with Gasteiger partial charge in [-0.2, -0.15) is 15.1 Å². The fourth-order valence-electron chi connectivity index (χ4n) is 3.24. The van der Waals surface area contributed by atoms with Gasteiger partial charge in [0.15, 0.2) is 5.82 Å². The summed E-state index contributed by atoms with van der Waals surface area (Å²) >= 11 is 0. The minimum absolute atomic E-state index is 0.146. The quantitative estimate of drug-likeness (QED) is 0.282. The number of aliphatic hydroxyl groups excluding tert-OH is 1. The van der Waals surface area contributed by atoms with E-state index in [1.807, 2.05) is 36.5 Å². The Morgan fingerprint density at radius 2 is 2.10 bits per heavy atom. The molecule has 9 nitrogen and oxygen atoms in total. The van der Waals surface area contributed by atoms with E-state index in [0.717, 1.165) is 41.8 Å². The standard InChI is InChI=1S/C21H26N6O3/c28-9-3-4-10-30-21-24-19(13-20(25-21)27-7-11-29-12-8-27)26-23-15-16-14-22-18-6-2-1-5-17(16)18/h1-2,5-6,13-15,22,28H,3-4,7-12H2,(H,24,25,26)/b23-15-. The number of nitrogens with one attached hydrogen (secondary N) is 2. The van der Waals surface area contributed by atoms with Gasteiger partial charge in [-0.25, -0.2) is 0 Å². The Morgan fingerprint density at radius 3 is 2.97 bits per heavy atom. The van der Waals surface area contributed by atoms with Crippen LogP contribution in [0.5, 0.6) is 6.01 Å². The Hall–Kier alpha value is -3.17. The van der Waals surface area contributed by atoms with Crippen LogP contribution >= 0.6 is 0 Å². The van der Waals surface area contributed by atoms with Gasteiger partial charge in [0.25, 0.3) is 0 Å². The Morgan fingerprint density at radius 1 is 1.23 bits per heavy atom. The predicted molar refractivity (Wildman–Crippen MR) is 116 cm³/mol. The zero-order chi connectivity index (χ0) is 20.6. The van der Waals surface area contributed by atoms with Gasteiger partial charge in [-0.3, -0.25) is 5.43 Å². The molecule has 0 radical (unpaired) electrons. The second kappa shape index (κ2) is 10.0. The van der Waals surface area contributed by atoms with Crippen LogP contribution in [0.25, 0.3) is 10.9 Å². The van der Waals surface area contributed by atoms with Crippen molar-refractivity contribution < 1.29 is 14.6 Å². The Labute approximate surface area is 174 Å². The van der Waals surface area contributed by atoms with E-state index in [1.165, 1.54) is 0 Å². The molecule has 30 heavy (non-hydrogen) atoms. The minimum atomic E-state index is 0.146. The van der Waals surface area contributed by atoms with Crippen molar-refractivity contribution >= 4 is 28.8 Å². The molecule has 0 amide bonds. The highest BCUT2D eigenvalue weighted by Gasteiger charge is 2.15. The third-order valence-corrected chi connectivity index (χ3v) is 4.81. The number of unbranched alkanes of at least 4 members (excludes halogenated alkanes) is 1. The topological polar surface area (TPSA) is 108 Å². The molecule has 3 heterocycles. The Bertz CT molecular complexity index is 984. The molecule has 1 aliphatic heterocycles. The van der Waals surface area contributed by atoms with Gasteiger partial charge in [0.05, 0.1) is 26.0 Å². The highest BCUT2D eigenvalue weighted by Crippen LogP contribution is 2.21. The van der Waals surface area contributed by atoms with Crippen LogP contribution in [0.1, 0.15) is 18.4 Å². The van der Waals surface area contributed by atoms with Crippen molar-refractivity contribution in [3.8, 4) is 6.01 Å². The molecule has 0 spiro atoms. The van der Waals surface area contributed by atoms with Crippen molar-refractivity contribution in [3.63, 3.8) is 0 Å². The van der Waals surface area contributed by atoms with Crippen LogP contribution < -0.4 is 15.1 Å². The number of aromatic amines is 1. The van der Waals surface area contributed by atoms with Crippen molar-refractivity contribution in [2.45, 2.75) is 12.8 Å². The summed E-state index contributed by atoms with van der Waals surface area (Å²) in [6.45, 7) is 3.45. The van der Waals surface area contributed by atoms with E-state index in [4.69, 9.17) is 14.6 Å². The van der Waals surface area contributed by atoms with Gasteiger partial charge in [0.1, 0.15) is 5.82 Å². The molecular weight excluding hydrogens is 384 g/mol. The number of para-hydroxylation sites is 1. The number of aromatic nitrogens is 3. The smallest absolute Gasteiger partial charge is 0.320 e. The molecule has 0 aliphatic carbocycles. The maximum Gasteiger partial charge on any atom is 0.320 e. The van der Waals surface area contributed by atoms with Crippen molar-refractivity contribution in [2.24, 2.45) is 5.10 Å². The van der Waals surface area contributed by atoms with E-state index in [1.54, 1.807) is 6.21 Å². The lowest BCUT2D eigenvalue weighted by Crippen LogP contribution is -2.36. The van der Waals surface area contributed by atoms with Crippen LogP contribution in [0.2, 0.25) is 0 Å². The van der Waals surface area contributed by atoms with Gasteiger partial charge in [0, 0.05) is 48.4 Å². The van der Waals surface area contributed by atoms with Crippen LogP contribution in [0, 0.1) is 0 Å². The van der Waals surface area contributed by atoms with Crippen molar-refractivity contribution in [2.75, 3.05) is 49.8 Å². The van der Waals surface area contributed by atoms with E-state index in [2.05, 4.69) is 30.4 Å². The van der Waals surface area contributed by atoms with E-state index in [0.29, 0.717) is 38.1 Å². The maximum absolute atomic E-state index is 8.93. The van der Waals surface area contributed by atoms with Gasteiger partial charge < -0.3 is 24.5 Å².